The number of hydrogen-bond donors (Lipinski definition) is 1. The van der Waals surface area contributed by atoms with Crippen molar-refractivity contribution in [3.8, 4) is 0 Å². The minimum absolute atomic E-state index is 0.102. The Balaban J connectivity index is 1.74. The van der Waals surface area contributed by atoms with Crippen molar-refractivity contribution in [1.82, 2.24) is 5.32 Å². The third-order valence-corrected chi connectivity index (χ3v) is 8.59. The molecule has 2 aromatic rings. The van der Waals surface area contributed by atoms with Crippen LogP contribution in [0.3, 0.4) is 0 Å². The number of amides is 1. The van der Waals surface area contributed by atoms with Crippen molar-refractivity contribution < 1.29 is 9.18 Å². The van der Waals surface area contributed by atoms with E-state index in [1.807, 2.05) is 12.1 Å². The molecule has 1 saturated carbocycles. The van der Waals surface area contributed by atoms with E-state index in [1.165, 1.54) is 25.0 Å². The van der Waals surface area contributed by atoms with E-state index in [4.69, 9.17) is 23.2 Å². The molecule has 1 fully saturated rings. The molecule has 36 heavy (non-hydrogen) atoms. The van der Waals surface area contributed by atoms with Crippen LogP contribution < -0.4 is 10.2 Å². The average Bonchev–Trinajstić information content (AvgIpc) is 2.82. The number of nitrogens with one attached hydrogen (secondary N) is 1. The Kier molecular flexibility index (Phi) is 10.1. The lowest BCUT2D eigenvalue weighted by Gasteiger charge is -2.47. The Bertz CT molecular complexity index is 1010. The second kappa shape index (κ2) is 12.6. The fourth-order valence-electron chi connectivity index (χ4n) is 5.09. The Morgan fingerprint density at radius 1 is 1.17 bits per heavy atom. The van der Waals surface area contributed by atoms with Gasteiger partial charge in [-0.2, -0.15) is 0 Å². The summed E-state index contributed by atoms with van der Waals surface area (Å²) in [6.45, 7) is 12.3. The molecule has 198 valence electrons. The number of carbonyl (C=O) groups excluding carboxylic acids is 1. The molecule has 0 saturated heterocycles. The van der Waals surface area contributed by atoms with Gasteiger partial charge in [0, 0.05) is 24.2 Å². The fraction of sp³-hybridized carbons (Fsp3) is 0.567. The predicted octanol–water partition coefficient (Wildman–Crippen LogP) is 8.17. The van der Waals surface area contributed by atoms with E-state index in [0.717, 1.165) is 24.1 Å². The second-order valence-corrected chi connectivity index (χ2v) is 12.2. The highest BCUT2D eigenvalue weighted by molar-refractivity contribution is 6.36. The molecule has 0 spiro atoms. The topological polar surface area (TPSA) is 32.3 Å². The van der Waals surface area contributed by atoms with Gasteiger partial charge in [-0.25, -0.2) is 4.39 Å². The van der Waals surface area contributed by atoms with Crippen LogP contribution in [0.5, 0.6) is 0 Å². The summed E-state index contributed by atoms with van der Waals surface area (Å²) in [7, 11) is 0. The number of halogens is 3. The molecule has 2 unspecified atom stereocenters. The lowest BCUT2D eigenvalue weighted by molar-refractivity contribution is -0.126. The molecule has 0 aliphatic heterocycles. The molecule has 0 bridgehead atoms. The molecule has 3 rings (SSSR count). The van der Waals surface area contributed by atoms with E-state index in [2.05, 4.69) is 44.8 Å². The van der Waals surface area contributed by atoms with Crippen LogP contribution in [-0.2, 0) is 11.2 Å². The van der Waals surface area contributed by atoms with E-state index in [0.29, 0.717) is 46.8 Å². The van der Waals surface area contributed by atoms with E-state index in [1.54, 1.807) is 18.2 Å². The number of anilines is 1. The molecule has 1 aliphatic carbocycles. The maximum atomic E-state index is 13.5. The summed E-state index contributed by atoms with van der Waals surface area (Å²) in [5, 5.41) is 4.54. The van der Waals surface area contributed by atoms with Crippen LogP contribution in [0.25, 0.3) is 0 Å². The van der Waals surface area contributed by atoms with Crippen molar-refractivity contribution in [3.05, 3.63) is 63.9 Å². The van der Waals surface area contributed by atoms with Gasteiger partial charge in [-0.05, 0) is 85.3 Å². The van der Waals surface area contributed by atoms with Crippen LogP contribution in [0, 0.1) is 29.0 Å². The third kappa shape index (κ3) is 7.61. The number of hydrogen-bond acceptors (Lipinski definition) is 2. The summed E-state index contributed by atoms with van der Waals surface area (Å²) < 4.78 is 13.4. The zero-order chi connectivity index (χ0) is 26.5. The maximum Gasteiger partial charge on any atom is 0.225 e. The lowest BCUT2D eigenvalue weighted by atomic mass is 9.60. The molecule has 0 radical (unpaired) electrons. The van der Waals surface area contributed by atoms with Crippen LogP contribution in [0.4, 0.5) is 10.1 Å². The van der Waals surface area contributed by atoms with Gasteiger partial charge in [0.05, 0.1) is 16.6 Å². The standard InChI is InChI=1S/C30H41Cl2FN2O/c1-6-22(29(36)34-27(20(2)3)17-23-13-15-30(23,4)5)19-35(28-12-9-24(31)18-26(28)32)16-14-21-7-10-25(33)11-8-21/h7-12,18,20,22-23,27H,6,13-17,19H2,1-5H3,(H,34,36)/t22?,23-,27?/m0/s1. The first-order chi connectivity index (χ1) is 17.0. The highest BCUT2D eigenvalue weighted by Crippen LogP contribution is 2.48. The van der Waals surface area contributed by atoms with Crippen molar-refractivity contribution in [1.29, 1.82) is 0 Å². The highest BCUT2D eigenvalue weighted by Gasteiger charge is 2.40. The van der Waals surface area contributed by atoms with E-state index in [9.17, 15) is 9.18 Å². The van der Waals surface area contributed by atoms with E-state index >= 15 is 0 Å². The zero-order valence-corrected chi connectivity index (χ0v) is 23.8. The smallest absolute Gasteiger partial charge is 0.225 e. The molecule has 0 aromatic heterocycles. The Hall–Kier alpha value is -1.78. The van der Waals surface area contributed by atoms with Crippen LogP contribution in [0.2, 0.25) is 10.0 Å². The van der Waals surface area contributed by atoms with Crippen molar-refractivity contribution in [2.75, 3.05) is 18.0 Å². The van der Waals surface area contributed by atoms with Gasteiger partial charge in [-0.15, -0.1) is 0 Å². The number of rotatable bonds is 12. The first-order valence-electron chi connectivity index (χ1n) is 13.2. The quantitative estimate of drug-likeness (QED) is 0.297. The molecular formula is C30H41Cl2FN2O. The number of carbonyl (C=O) groups is 1. The van der Waals surface area contributed by atoms with Crippen LogP contribution >= 0.6 is 23.2 Å². The summed E-state index contributed by atoms with van der Waals surface area (Å²) in [5.41, 5.74) is 2.25. The van der Waals surface area contributed by atoms with Gasteiger partial charge in [0.15, 0.2) is 0 Å². The number of nitrogens with zero attached hydrogens (tertiary/aromatic N) is 1. The lowest BCUT2D eigenvalue weighted by Crippen LogP contribution is -2.48. The van der Waals surface area contributed by atoms with Crippen molar-refractivity contribution in [2.24, 2.45) is 23.2 Å². The van der Waals surface area contributed by atoms with Gasteiger partial charge in [0.1, 0.15) is 5.82 Å². The maximum absolute atomic E-state index is 13.5. The molecule has 3 atom stereocenters. The normalized spacial score (nSPS) is 18.4. The Morgan fingerprint density at radius 3 is 2.39 bits per heavy atom. The summed E-state index contributed by atoms with van der Waals surface area (Å²) in [6, 6.07) is 12.2. The first kappa shape index (κ1) is 28.8. The molecule has 6 heteroatoms. The molecule has 2 aromatic carbocycles. The van der Waals surface area contributed by atoms with Crippen LogP contribution in [-0.4, -0.2) is 25.0 Å². The van der Waals surface area contributed by atoms with Crippen molar-refractivity contribution in [2.45, 2.75) is 72.8 Å². The highest BCUT2D eigenvalue weighted by atomic mass is 35.5. The second-order valence-electron chi connectivity index (χ2n) is 11.3. The fourth-order valence-corrected chi connectivity index (χ4v) is 5.62. The first-order valence-corrected chi connectivity index (χ1v) is 14.0. The summed E-state index contributed by atoms with van der Waals surface area (Å²) in [6.07, 6.45) is 4.98. The van der Waals surface area contributed by atoms with Crippen molar-refractivity contribution in [3.63, 3.8) is 0 Å². The third-order valence-electron chi connectivity index (χ3n) is 8.05. The molecule has 1 N–H and O–H groups in total. The van der Waals surface area contributed by atoms with Gasteiger partial charge >= 0.3 is 0 Å². The monoisotopic (exact) mass is 534 g/mol. The summed E-state index contributed by atoms with van der Waals surface area (Å²) in [5.74, 6) is 0.711. The largest absolute Gasteiger partial charge is 0.369 e. The van der Waals surface area contributed by atoms with Gasteiger partial charge < -0.3 is 10.2 Å². The number of benzene rings is 2. The van der Waals surface area contributed by atoms with Gasteiger partial charge in [0.25, 0.3) is 0 Å². The van der Waals surface area contributed by atoms with Gasteiger partial charge in [-0.3, -0.25) is 4.79 Å². The minimum Gasteiger partial charge on any atom is -0.369 e. The molecule has 3 nitrogen and oxygen atoms in total. The summed E-state index contributed by atoms with van der Waals surface area (Å²) >= 11 is 12.7. The van der Waals surface area contributed by atoms with E-state index < -0.39 is 0 Å². The SMILES string of the molecule is CCC(CN(CCc1ccc(F)cc1)c1ccc(Cl)cc1Cl)C(=O)NC(C[C@@H]1CCC1(C)C)C(C)C. The van der Waals surface area contributed by atoms with Crippen LogP contribution in [0.1, 0.15) is 65.9 Å². The Morgan fingerprint density at radius 2 is 1.86 bits per heavy atom. The predicted molar refractivity (Wildman–Crippen MR) is 150 cm³/mol. The molecular weight excluding hydrogens is 494 g/mol. The molecule has 1 aliphatic rings. The van der Waals surface area contributed by atoms with Gasteiger partial charge in [-0.1, -0.05) is 70.0 Å². The Labute approximate surface area is 226 Å². The van der Waals surface area contributed by atoms with E-state index in [-0.39, 0.29) is 23.7 Å². The molecule has 1 amide bonds. The molecule has 0 heterocycles. The minimum atomic E-state index is -0.246. The van der Waals surface area contributed by atoms with Crippen LogP contribution in [0.15, 0.2) is 42.5 Å². The average molecular weight is 536 g/mol. The zero-order valence-electron chi connectivity index (χ0n) is 22.3. The summed E-state index contributed by atoms with van der Waals surface area (Å²) in [4.78, 5) is 15.7. The van der Waals surface area contributed by atoms with Gasteiger partial charge in [0.2, 0.25) is 5.91 Å². The van der Waals surface area contributed by atoms with Crippen molar-refractivity contribution >= 4 is 34.8 Å².